The van der Waals surface area contributed by atoms with Crippen molar-refractivity contribution >= 4 is 0 Å². The van der Waals surface area contributed by atoms with Crippen molar-refractivity contribution in [2.75, 3.05) is 0 Å². The van der Waals surface area contributed by atoms with E-state index in [0.29, 0.717) is 11.6 Å². The van der Waals surface area contributed by atoms with Gasteiger partial charge in [0.15, 0.2) is 11.6 Å². The SMILES string of the molecule is c1ccc(-c2cc(-c3ccccc3)cc(-c3cc(-c4ccc5c(c4)C4c6ccccc6C5c5cc(-c6cc(-c7cc(-c8ccccc8)cc(-c8ccccc8)c7)nc(-c7ccccc7)n6)ccc54)nc(-c4ccccc4)n3)c2)cc1. The van der Waals surface area contributed by atoms with Crippen molar-refractivity contribution in [1.29, 1.82) is 0 Å². The van der Waals surface area contributed by atoms with Crippen molar-refractivity contribution in [3.05, 3.63) is 325 Å². The third kappa shape index (κ3) is 8.61. The van der Waals surface area contributed by atoms with Crippen molar-refractivity contribution in [3.63, 3.8) is 0 Å². The highest BCUT2D eigenvalue weighted by molar-refractivity contribution is 5.85. The van der Waals surface area contributed by atoms with Crippen LogP contribution in [-0.2, 0) is 0 Å². The number of hydrogen-bond donors (Lipinski definition) is 0. The van der Waals surface area contributed by atoms with Crippen LogP contribution in [0.4, 0.5) is 0 Å². The summed E-state index contributed by atoms with van der Waals surface area (Å²) in [6, 6.07) is 104. The van der Waals surface area contributed by atoms with Crippen LogP contribution in [0.1, 0.15) is 45.2 Å². The second-order valence-corrected chi connectivity index (χ2v) is 20.9. The van der Waals surface area contributed by atoms with Crippen LogP contribution in [0.25, 0.3) is 112 Å². The van der Waals surface area contributed by atoms with E-state index in [2.05, 4.69) is 279 Å². The van der Waals surface area contributed by atoms with Crippen molar-refractivity contribution < 1.29 is 0 Å². The zero-order valence-electron chi connectivity index (χ0n) is 43.7. The summed E-state index contributed by atoms with van der Waals surface area (Å²) in [4.78, 5) is 21.5. The Kier molecular flexibility index (Phi) is 11.6. The van der Waals surface area contributed by atoms with Crippen LogP contribution in [0.15, 0.2) is 291 Å². The summed E-state index contributed by atoms with van der Waals surface area (Å²) in [6.45, 7) is 0. The molecule has 0 saturated carbocycles. The van der Waals surface area contributed by atoms with Crippen LogP contribution in [0.2, 0.25) is 0 Å². The molecule has 11 aromatic carbocycles. The molecule has 4 heteroatoms. The Morgan fingerprint density at radius 3 is 0.725 bits per heavy atom. The van der Waals surface area contributed by atoms with Crippen molar-refractivity contribution in [2.45, 2.75) is 11.8 Å². The van der Waals surface area contributed by atoms with Crippen molar-refractivity contribution in [2.24, 2.45) is 0 Å². The van der Waals surface area contributed by atoms with Crippen LogP contribution >= 0.6 is 0 Å². The molecule has 0 radical (unpaired) electrons. The first-order chi connectivity index (χ1) is 39.6. The molecular formula is C76H50N4. The fraction of sp³-hybridized carbons (Fsp3) is 0.0263. The van der Waals surface area contributed by atoms with Crippen LogP contribution in [0, 0.1) is 0 Å². The smallest absolute Gasteiger partial charge is 0.160 e. The maximum atomic E-state index is 5.38. The summed E-state index contributed by atoms with van der Waals surface area (Å²) in [7, 11) is 0. The zero-order chi connectivity index (χ0) is 52.9. The molecule has 3 aliphatic rings. The van der Waals surface area contributed by atoms with E-state index in [9.17, 15) is 0 Å². The lowest BCUT2D eigenvalue weighted by molar-refractivity contribution is 0.755. The highest BCUT2D eigenvalue weighted by Crippen LogP contribution is 2.57. The Labute approximate surface area is 466 Å². The summed E-state index contributed by atoms with van der Waals surface area (Å²) in [6.07, 6.45) is 0. The molecule has 80 heavy (non-hydrogen) atoms. The third-order valence-electron chi connectivity index (χ3n) is 16.0. The highest BCUT2D eigenvalue weighted by atomic mass is 14.9. The number of aromatic nitrogens is 4. The number of rotatable bonds is 10. The van der Waals surface area contributed by atoms with Crippen molar-refractivity contribution in [1.82, 2.24) is 19.9 Å². The molecule has 3 aliphatic carbocycles. The largest absolute Gasteiger partial charge is 0.228 e. The van der Waals surface area contributed by atoms with Crippen LogP contribution in [0.5, 0.6) is 0 Å². The van der Waals surface area contributed by atoms with E-state index in [-0.39, 0.29) is 11.8 Å². The Morgan fingerprint density at radius 2 is 0.412 bits per heavy atom. The number of benzene rings is 11. The minimum absolute atomic E-state index is 0.0269. The molecule has 16 rings (SSSR count). The van der Waals surface area contributed by atoms with Gasteiger partial charge < -0.3 is 0 Å². The molecule has 0 saturated heterocycles. The Bertz CT molecular complexity index is 4040. The first-order valence-corrected chi connectivity index (χ1v) is 27.4. The topological polar surface area (TPSA) is 51.6 Å². The van der Waals surface area contributed by atoms with Crippen LogP contribution in [-0.4, -0.2) is 19.9 Å². The number of hydrogen-bond acceptors (Lipinski definition) is 4. The molecule has 2 atom stereocenters. The summed E-state index contributed by atoms with van der Waals surface area (Å²) in [5.74, 6) is 1.43. The lowest BCUT2D eigenvalue weighted by atomic mass is 9.60. The van der Waals surface area contributed by atoms with E-state index in [0.717, 1.165) is 101 Å². The van der Waals surface area contributed by atoms with Gasteiger partial charge in [0.25, 0.3) is 0 Å². The van der Waals surface area contributed by atoms with Gasteiger partial charge in [0.1, 0.15) is 0 Å². The predicted molar refractivity (Wildman–Crippen MR) is 327 cm³/mol. The fourth-order valence-corrected chi connectivity index (χ4v) is 12.2. The standard InChI is InChI=1S/C76H50N4/c1-7-21-49(22-8-1)57-39-58(50-23-9-2-10-24-50)42-61(41-57)71-47-69(77-75(79-71)53-29-15-5-16-30-53)55-35-37-65-67(45-55)73-63-33-19-20-34-64(63)74(65)68-46-56(36-38-66(68)73)70-48-72(80-76(78-70)54-31-17-6-18-32-54)62-43-59(51-25-11-3-12-26-51)40-60(44-62)52-27-13-4-14-28-52/h1-48,73-74H. The average molecular weight is 1020 g/mol. The minimum atomic E-state index is 0.0269. The quantitative estimate of drug-likeness (QED) is 0.137. The first kappa shape index (κ1) is 46.8. The third-order valence-corrected chi connectivity index (χ3v) is 16.0. The van der Waals surface area contributed by atoms with E-state index in [1.807, 2.05) is 12.1 Å². The Balaban J connectivity index is 0.857. The lowest BCUT2D eigenvalue weighted by Gasteiger charge is -2.42. The molecule has 0 N–H and O–H groups in total. The monoisotopic (exact) mass is 1020 g/mol. The van der Waals surface area contributed by atoms with E-state index in [1.165, 1.54) is 33.4 Å². The molecule has 2 aromatic heterocycles. The maximum absolute atomic E-state index is 5.38. The van der Waals surface area contributed by atoms with Gasteiger partial charge in [0.05, 0.1) is 22.8 Å². The van der Waals surface area contributed by atoms with Gasteiger partial charge >= 0.3 is 0 Å². The molecule has 2 unspecified atom stereocenters. The van der Waals surface area contributed by atoms with Gasteiger partial charge in [-0.05, 0) is 139 Å². The van der Waals surface area contributed by atoms with Crippen molar-refractivity contribution in [3.8, 4) is 112 Å². The average Bonchev–Trinajstić information content (AvgIpc) is 3.62. The van der Waals surface area contributed by atoms with Gasteiger partial charge in [-0.3, -0.25) is 0 Å². The molecule has 4 nitrogen and oxygen atoms in total. The lowest BCUT2D eigenvalue weighted by Crippen LogP contribution is -2.27. The normalized spacial score (nSPS) is 13.8. The molecule has 0 fully saturated rings. The number of nitrogens with zero attached hydrogens (tertiary/aromatic N) is 4. The zero-order valence-corrected chi connectivity index (χ0v) is 43.7. The van der Waals surface area contributed by atoms with Gasteiger partial charge in [0, 0.05) is 45.2 Å². The van der Waals surface area contributed by atoms with E-state index < -0.39 is 0 Å². The highest BCUT2D eigenvalue weighted by Gasteiger charge is 2.41. The minimum Gasteiger partial charge on any atom is -0.228 e. The summed E-state index contributed by atoms with van der Waals surface area (Å²) in [5.41, 5.74) is 26.8. The molecule has 374 valence electrons. The molecule has 0 spiro atoms. The summed E-state index contributed by atoms with van der Waals surface area (Å²) < 4.78 is 0. The molecule has 0 aliphatic heterocycles. The Hall–Kier alpha value is -10.4. The summed E-state index contributed by atoms with van der Waals surface area (Å²) in [5, 5.41) is 0. The van der Waals surface area contributed by atoms with Gasteiger partial charge in [-0.15, -0.1) is 0 Å². The predicted octanol–water partition coefficient (Wildman–Crippen LogP) is 18.9. The van der Waals surface area contributed by atoms with Crippen LogP contribution in [0.3, 0.4) is 0 Å². The first-order valence-electron chi connectivity index (χ1n) is 27.4. The van der Waals surface area contributed by atoms with Crippen LogP contribution < -0.4 is 0 Å². The molecule has 2 heterocycles. The van der Waals surface area contributed by atoms with Gasteiger partial charge in [-0.1, -0.05) is 231 Å². The molecule has 13 aromatic rings. The summed E-state index contributed by atoms with van der Waals surface area (Å²) >= 11 is 0. The fourth-order valence-electron chi connectivity index (χ4n) is 12.2. The van der Waals surface area contributed by atoms with E-state index >= 15 is 0 Å². The van der Waals surface area contributed by atoms with Gasteiger partial charge in [0.2, 0.25) is 0 Å². The second kappa shape index (κ2) is 19.9. The second-order valence-electron chi connectivity index (χ2n) is 20.9. The molecule has 0 amide bonds. The van der Waals surface area contributed by atoms with E-state index in [4.69, 9.17) is 19.9 Å². The Morgan fingerprint density at radius 1 is 0.163 bits per heavy atom. The molecule has 2 bridgehead atoms. The molecular weight excluding hydrogens is 969 g/mol. The van der Waals surface area contributed by atoms with Gasteiger partial charge in [-0.2, -0.15) is 0 Å². The van der Waals surface area contributed by atoms with Gasteiger partial charge in [-0.25, -0.2) is 19.9 Å². The maximum Gasteiger partial charge on any atom is 0.160 e. The van der Waals surface area contributed by atoms with E-state index in [1.54, 1.807) is 0 Å².